The Morgan fingerprint density at radius 1 is 0.806 bits per heavy atom. The van der Waals surface area contributed by atoms with Crippen LogP contribution in [-0.2, 0) is 5.60 Å². The summed E-state index contributed by atoms with van der Waals surface area (Å²) in [4.78, 5) is 4.78. The van der Waals surface area contributed by atoms with E-state index in [4.69, 9.17) is 14.5 Å². The van der Waals surface area contributed by atoms with Gasteiger partial charge in [-0.1, -0.05) is 62.4 Å². The van der Waals surface area contributed by atoms with Gasteiger partial charge in [-0.3, -0.25) is 4.99 Å². The van der Waals surface area contributed by atoms with Gasteiger partial charge in [-0.2, -0.15) is 0 Å². The third kappa shape index (κ3) is 4.42. The Hall–Kier alpha value is -3.31. The van der Waals surface area contributed by atoms with Gasteiger partial charge in [-0.05, 0) is 30.2 Å². The van der Waals surface area contributed by atoms with Crippen LogP contribution in [0.1, 0.15) is 30.5 Å². The number of nitrogens with zero attached hydrogens (tertiary/aromatic N) is 1. The molecule has 0 bridgehead atoms. The van der Waals surface area contributed by atoms with Crippen LogP contribution in [0.4, 0.5) is 0 Å². The highest BCUT2D eigenvalue weighted by atomic mass is 16.5. The van der Waals surface area contributed by atoms with Gasteiger partial charge < -0.3 is 19.7 Å². The summed E-state index contributed by atoms with van der Waals surface area (Å²) in [7, 11) is 3.16. The number of rotatable bonds is 8. The quantitative estimate of drug-likeness (QED) is 0.515. The van der Waals surface area contributed by atoms with E-state index >= 15 is 0 Å². The number of hydrogen-bond acceptors (Lipinski definition) is 5. The molecule has 0 saturated heterocycles. The first-order valence-electron chi connectivity index (χ1n) is 10.2. The van der Waals surface area contributed by atoms with Crippen molar-refractivity contribution in [3.63, 3.8) is 0 Å². The summed E-state index contributed by atoms with van der Waals surface area (Å²) in [6.45, 7) is 4.01. The summed E-state index contributed by atoms with van der Waals surface area (Å²) in [5, 5.41) is 22.6. The van der Waals surface area contributed by atoms with Crippen LogP contribution < -0.4 is 9.47 Å². The lowest BCUT2D eigenvalue weighted by Gasteiger charge is -2.38. The summed E-state index contributed by atoms with van der Waals surface area (Å²) in [5.41, 5.74) is 0.217. The van der Waals surface area contributed by atoms with E-state index in [1.165, 1.54) is 0 Å². The largest absolute Gasteiger partial charge is 0.507 e. The van der Waals surface area contributed by atoms with Crippen LogP contribution in [0.2, 0.25) is 0 Å². The Labute approximate surface area is 183 Å². The van der Waals surface area contributed by atoms with Crippen LogP contribution in [0.25, 0.3) is 0 Å². The molecule has 0 saturated carbocycles. The third-order valence-corrected chi connectivity index (χ3v) is 5.41. The highest BCUT2D eigenvalue weighted by Crippen LogP contribution is 2.45. The minimum atomic E-state index is -1.55. The SMILES string of the molecule is COc1ccccc1C(O)(c1ccccc1OC)C(N=Cc1ccccc1O)C(C)C. The maximum Gasteiger partial charge on any atom is 0.144 e. The van der Waals surface area contributed by atoms with E-state index in [9.17, 15) is 10.2 Å². The standard InChI is InChI=1S/C26H29NO4/c1-18(2)25(27-17-19-11-5-8-14-22(19)28)26(29,20-12-6-9-15-23(20)30-3)21-13-7-10-16-24(21)31-4/h5-18,25,28-29H,1-4H3. The van der Waals surface area contributed by atoms with E-state index in [1.807, 2.05) is 68.4 Å². The van der Waals surface area contributed by atoms with Crippen LogP contribution in [0, 0.1) is 5.92 Å². The van der Waals surface area contributed by atoms with E-state index in [0.717, 1.165) is 0 Å². The minimum absolute atomic E-state index is 0.0538. The lowest BCUT2D eigenvalue weighted by atomic mass is 9.75. The predicted octanol–water partition coefficient (Wildman–Crippen LogP) is 4.79. The number of phenolic OH excluding ortho intramolecular Hbond substituents is 1. The topological polar surface area (TPSA) is 71.3 Å². The Balaban J connectivity index is 2.26. The molecule has 2 N–H and O–H groups in total. The van der Waals surface area contributed by atoms with Crippen LogP contribution in [-0.4, -0.2) is 36.7 Å². The Morgan fingerprint density at radius 2 is 1.29 bits per heavy atom. The summed E-state index contributed by atoms with van der Waals surface area (Å²) in [6.07, 6.45) is 1.61. The van der Waals surface area contributed by atoms with Crippen LogP contribution in [0.15, 0.2) is 77.8 Å². The summed E-state index contributed by atoms with van der Waals surface area (Å²) >= 11 is 0. The molecule has 31 heavy (non-hydrogen) atoms. The molecule has 0 aromatic heterocycles. The van der Waals surface area contributed by atoms with Gasteiger partial charge in [0, 0.05) is 22.9 Å². The molecule has 0 spiro atoms. The van der Waals surface area contributed by atoms with E-state index < -0.39 is 11.6 Å². The number of phenols is 1. The predicted molar refractivity (Wildman–Crippen MR) is 123 cm³/mol. The maximum absolute atomic E-state index is 12.4. The van der Waals surface area contributed by atoms with Gasteiger partial charge in [0.1, 0.15) is 22.8 Å². The zero-order valence-electron chi connectivity index (χ0n) is 18.3. The van der Waals surface area contributed by atoms with Crippen molar-refractivity contribution >= 4 is 6.21 Å². The summed E-state index contributed by atoms with van der Waals surface area (Å²) in [6, 6.07) is 21.2. The Bertz CT molecular complexity index is 997. The number of aromatic hydroxyl groups is 1. The molecule has 3 rings (SSSR count). The molecule has 0 aliphatic rings. The lowest BCUT2D eigenvalue weighted by molar-refractivity contribution is 0.0321. The first kappa shape index (κ1) is 22.4. The first-order chi connectivity index (χ1) is 14.9. The molecule has 1 unspecified atom stereocenters. The van der Waals surface area contributed by atoms with E-state index in [-0.39, 0.29) is 11.7 Å². The molecule has 0 radical (unpaired) electrons. The van der Waals surface area contributed by atoms with Gasteiger partial charge in [0.05, 0.1) is 20.3 Å². The molecule has 5 nitrogen and oxygen atoms in total. The number of aliphatic hydroxyl groups is 1. The average molecular weight is 420 g/mol. The van der Waals surface area contributed by atoms with Crippen molar-refractivity contribution in [3.05, 3.63) is 89.5 Å². The van der Waals surface area contributed by atoms with Crippen molar-refractivity contribution in [1.82, 2.24) is 0 Å². The van der Waals surface area contributed by atoms with Gasteiger partial charge in [0.15, 0.2) is 0 Å². The minimum Gasteiger partial charge on any atom is -0.507 e. The summed E-state index contributed by atoms with van der Waals surface area (Å²) in [5.74, 6) is 1.19. The molecule has 1 atom stereocenters. The second kappa shape index (κ2) is 9.67. The van der Waals surface area contributed by atoms with Crippen molar-refractivity contribution in [3.8, 4) is 17.2 Å². The molecular formula is C26H29NO4. The Kier molecular flexibility index (Phi) is 6.98. The zero-order valence-corrected chi connectivity index (χ0v) is 18.3. The highest BCUT2D eigenvalue weighted by molar-refractivity contribution is 5.83. The van der Waals surface area contributed by atoms with Gasteiger partial charge >= 0.3 is 0 Å². The van der Waals surface area contributed by atoms with E-state index in [1.54, 1.807) is 38.6 Å². The molecule has 0 fully saturated rings. The number of aliphatic imine (C=N–C) groups is 1. The number of ether oxygens (including phenoxy) is 2. The second-order valence-corrected chi connectivity index (χ2v) is 7.69. The van der Waals surface area contributed by atoms with Gasteiger partial charge in [0.25, 0.3) is 0 Å². The van der Waals surface area contributed by atoms with Crippen molar-refractivity contribution < 1.29 is 19.7 Å². The third-order valence-electron chi connectivity index (χ3n) is 5.41. The molecule has 0 aliphatic carbocycles. The molecule has 0 aliphatic heterocycles. The zero-order chi connectivity index (χ0) is 22.4. The van der Waals surface area contributed by atoms with Crippen molar-refractivity contribution in [2.45, 2.75) is 25.5 Å². The van der Waals surface area contributed by atoms with Crippen molar-refractivity contribution in [2.75, 3.05) is 14.2 Å². The van der Waals surface area contributed by atoms with Gasteiger partial charge in [0.2, 0.25) is 0 Å². The number of hydrogen-bond donors (Lipinski definition) is 2. The van der Waals surface area contributed by atoms with Crippen molar-refractivity contribution in [1.29, 1.82) is 0 Å². The summed E-state index contributed by atoms with van der Waals surface area (Å²) < 4.78 is 11.2. The fraction of sp³-hybridized carbons (Fsp3) is 0.269. The molecule has 3 aromatic rings. The average Bonchev–Trinajstić information content (AvgIpc) is 2.79. The van der Waals surface area contributed by atoms with Crippen molar-refractivity contribution in [2.24, 2.45) is 10.9 Å². The van der Waals surface area contributed by atoms with Gasteiger partial charge in [-0.15, -0.1) is 0 Å². The first-order valence-corrected chi connectivity index (χ1v) is 10.2. The number of para-hydroxylation sites is 3. The molecular weight excluding hydrogens is 390 g/mol. The van der Waals surface area contributed by atoms with Crippen LogP contribution in [0.5, 0.6) is 17.2 Å². The van der Waals surface area contributed by atoms with Gasteiger partial charge in [-0.25, -0.2) is 0 Å². The molecule has 5 heteroatoms. The number of methoxy groups -OCH3 is 2. The van der Waals surface area contributed by atoms with Crippen LogP contribution >= 0.6 is 0 Å². The van der Waals surface area contributed by atoms with Crippen LogP contribution in [0.3, 0.4) is 0 Å². The molecule has 3 aromatic carbocycles. The smallest absolute Gasteiger partial charge is 0.144 e. The fourth-order valence-electron chi connectivity index (χ4n) is 3.90. The van der Waals surface area contributed by atoms with E-state index in [2.05, 4.69) is 0 Å². The fourth-order valence-corrected chi connectivity index (χ4v) is 3.90. The molecule has 162 valence electrons. The maximum atomic E-state index is 12.4. The highest BCUT2D eigenvalue weighted by Gasteiger charge is 2.45. The normalized spacial score (nSPS) is 12.8. The lowest BCUT2D eigenvalue weighted by Crippen LogP contribution is -2.43. The second-order valence-electron chi connectivity index (χ2n) is 7.69. The van der Waals surface area contributed by atoms with E-state index in [0.29, 0.717) is 28.2 Å². The number of benzene rings is 3. The molecule has 0 heterocycles. The molecule has 0 amide bonds. The Morgan fingerprint density at radius 3 is 1.77 bits per heavy atom. The monoisotopic (exact) mass is 419 g/mol.